The molecule has 0 saturated heterocycles. The highest BCUT2D eigenvalue weighted by Gasteiger charge is 2.16. The summed E-state index contributed by atoms with van der Waals surface area (Å²) in [6.07, 6.45) is 0. The third kappa shape index (κ3) is 10.8. The van der Waals surface area contributed by atoms with Crippen LogP contribution in [0.25, 0.3) is 0 Å². The lowest BCUT2D eigenvalue weighted by Gasteiger charge is -2.28. The second kappa shape index (κ2) is 9.87. The molecule has 0 atom stereocenters. The van der Waals surface area contributed by atoms with E-state index in [-0.39, 0.29) is 18.1 Å². The number of likely N-dealkylation sites (N-methyl/N-ethyl adjacent to an activating group) is 1. The van der Waals surface area contributed by atoms with Crippen LogP contribution in [-0.2, 0) is 14.3 Å². The average Bonchev–Trinajstić information content (AvgIpc) is 2.38. The predicted octanol–water partition coefficient (Wildman–Crippen LogP) is 3.76. The fourth-order valence-corrected chi connectivity index (χ4v) is 1.45. The van der Waals surface area contributed by atoms with Crippen molar-refractivity contribution in [3.05, 3.63) is 48.4 Å². The van der Waals surface area contributed by atoms with Gasteiger partial charge in [-0.3, -0.25) is 4.79 Å². The van der Waals surface area contributed by atoms with Gasteiger partial charge in [-0.25, -0.2) is 0 Å². The van der Waals surface area contributed by atoms with Crippen molar-refractivity contribution < 1.29 is 14.3 Å². The van der Waals surface area contributed by atoms with E-state index < -0.39 is 0 Å². The molecule has 0 N–H and O–H groups in total. The van der Waals surface area contributed by atoms with Crippen molar-refractivity contribution in [1.29, 1.82) is 0 Å². The highest BCUT2D eigenvalue weighted by atomic mass is 16.5. The van der Waals surface area contributed by atoms with Crippen LogP contribution in [-0.4, -0.2) is 36.7 Å². The van der Waals surface area contributed by atoms with Crippen LogP contribution >= 0.6 is 0 Å². The number of nitrogens with zero attached hydrogens (tertiary/aromatic N) is 1. The van der Waals surface area contributed by atoms with Crippen LogP contribution < -0.4 is 0 Å². The maximum atomic E-state index is 11.2. The molecule has 0 aliphatic heterocycles. The van der Waals surface area contributed by atoms with Crippen molar-refractivity contribution in [2.75, 3.05) is 20.2 Å². The summed E-state index contributed by atoms with van der Waals surface area (Å²) in [4.78, 5) is 12.8. The molecular formula is C18H29NO3. The first kappa shape index (κ1) is 20.0. The summed E-state index contributed by atoms with van der Waals surface area (Å²) in [6, 6.07) is 10.3. The standard InChI is InChI=1S/C11H21NO3.C7H8/c1-7-14-10(13)8-12(6)9(2)15-11(3,4)5;1-7-5-3-2-4-6-7/h2,7-8H2,1,3-6H3;2-6H,1H3. The number of aryl methyl sites for hydroxylation is 1. The second-order valence-corrected chi connectivity index (χ2v) is 5.92. The number of esters is 1. The van der Waals surface area contributed by atoms with Gasteiger partial charge >= 0.3 is 5.97 Å². The van der Waals surface area contributed by atoms with Gasteiger partial charge in [0.15, 0.2) is 5.88 Å². The summed E-state index contributed by atoms with van der Waals surface area (Å²) in [5.74, 6) is 0.189. The van der Waals surface area contributed by atoms with Gasteiger partial charge in [0.25, 0.3) is 0 Å². The van der Waals surface area contributed by atoms with Gasteiger partial charge in [-0.05, 0) is 41.2 Å². The van der Waals surface area contributed by atoms with Gasteiger partial charge in [0.2, 0.25) is 0 Å². The topological polar surface area (TPSA) is 38.8 Å². The van der Waals surface area contributed by atoms with E-state index in [0.717, 1.165) is 0 Å². The SMILES string of the molecule is C=C(OC(C)(C)C)N(C)CC(=O)OCC.Cc1ccccc1. The molecule has 4 nitrogen and oxygen atoms in total. The second-order valence-electron chi connectivity index (χ2n) is 5.92. The van der Waals surface area contributed by atoms with E-state index in [9.17, 15) is 4.79 Å². The number of carbonyl (C=O) groups is 1. The maximum Gasteiger partial charge on any atom is 0.325 e. The Morgan fingerprint density at radius 1 is 1.23 bits per heavy atom. The van der Waals surface area contributed by atoms with E-state index in [1.54, 1.807) is 18.9 Å². The summed E-state index contributed by atoms with van der Waals surface area (Å²) in [6.45, 7) is 13.9. The van der Waals surface area contributed by atoms with Crippen molar-refractivity contribution in [2.24, 2.45) is 0 Å². The largest absolute Gasteiger partial charge is 0.474 e. The Bertz CT molecular complexity index is 449. The number of hydrogen-bond donors (Lipinski definition) is 0. The lowest BCUT2D eigenvalue weighted by Crippen LogP contribution is -2.31. The fraction of sp³-hybridized carbons (Fsp3) is 0.500. The predicted molar refractivity (Wildman–Crippen MR) is 90.4 cm³/mol. The Morgan fingerprint density at radius 2 is 1.77 bits per heavy atom. The van der Waals surface area contributed by atoms with Crippen LogP contribution in [0.5, 0.6) is 0 Å². The normalized spacial score (nSPS) is 10.1. The van der Waals surface area contributed by atoms with Gasteiger partial charge in [0.1, 0.15) is 12.1 Å². The summed E-state index contributed by atoms with van der Waals surface area (Å²) in [7, 11) is 1.74. The molecule has 0 aliphatic rings. The number of rotatable bonds is 5. The molecule has 0 amide bonds. The van der Waals surface area contributed by atoms with Gasteiger partial charge in [-0.2, -0.15) is 0 Å². The molecule has 0 heterocycles. The lowest BCUT2D eigenvalue weighted by atomic mass is 10.2. The molecule has 22 heavy (non-hydrogen) atoms. The highest BCUT2D eigenvalue weighted by Crippen LogP contribution is 2.14. The molecule has 0 fully saturated rings. The number of benzene rings is 1. The molecular weight excluding hydrogens is 278 g/mol. The minimum absolute atomic E-state index is 0.156. The molecule has 1 aromatic carbocycles. The van der Waals surface area contributed by atoms with Gasteiger partial charge in [-0.15, -0.1) is 0 Å². The zero-order valence-electron chi connectivity index (χ0n) is 14.7. The fourth-order valence-electron chi connectivity index (χ4n) is 1.45. The third-order valence-electron chi connectivity index (χ3n) is 2.46. The van der Waals surface area contributed by atoms with E-state index in [1.807, 2.05) is 39.0 Å². The first-order chi connectivity index (χ1) is 10.2. The zero-order chi connectivity index (χ0) is 17.2. The smallest absolute Gasteiger partial charge is 0.325 e. The Labute approximate surface area is 134 Å². The molecule has 0 aliphatic carbocycles. The van der Waals surface area contributed by atoms with Gasteiger partial charge < -0.3 is 14.4 Å². The quantitative estimate of drug-likeness (QED) is 0.613. The van der Waals surface area contributed by atoms with Crippen molar-refractivity contribution >= 4 is 5.97 Å². The molecule has 0 radical (unpaired) electrons. The van der Waals surface area contributed by atoms with Crippen LogP contribution in [0.15, 0.2) is 42.8 Å². The maximum absolute atomic E-state index is 11.2. The van der Waals surface area contributed by atoms with Crippen molar-refractivity contribution in [1.82, 2.24) is 4.90 Å². The minimum Gasteiger partial charge on any atom is -0.474 e. The van der Waals surface area contributed by atoms with Crippen molar-refractivity contribution in [2.45, 2.75) is 40.2 Å². The van der Waals surface area contributed by atoms with Crippen LogP contribution in [0.1, 0.15) is 33.3 Å². The Balaban J connectivity index is 0.000000518. The first-order valence-corrected chi connectivity index (χ1v) is 7.42. The molecule has 0 unspecified atom stereocenters. The van der Waals surface area contributed by atoms with E-state index in [1.165, 1.54) is 5.56 Å². The highest BCUT2D eigenvalue weighted by molar-refractivity contribution is 5.71. The van der Waals surface area contributed by atoms with E-state index in [2.05, 4.69) is 25.6 Å². The summed E-state index contributed by atoms with van der Waals surface area (Å²) < 4.78 is 10.3. The first-order valence-electron chi connectivity index (χ1n) is 7.42. The molecule has 1 aromatic rings. The molecule has 0 aromatic heterocycles. The molecule has 1 rings (SSSR count). The van der Waals surface area contributed by atoms with Gasteiger partial charge in [0, 0.05) is 7.05 Å². The van der Waals surface area contributed by atoms with Gasteiger partial charge in [-0.1, -0.05) is 35.9 Å². The molecule has 124 valence electrons. The summed E-state index contributed by atoms with van der Waals surface area (Å²) in [5.41, 5.74) is 1.02. The lowest BCUT2D eigenvalue weighted by molar-refractivity contribution is -0.144. The summed E-state index contributed by atoms with van der Waals surface area (Å²) in [5, 5.41) is 0. The zero-order valence-corrected chi connectivity index (χ0v) is 14.7. The number of hydrogen-bond acceptors (Lipinski definition) is 4. The van der Waals surface area contributed by atoms with Crippen LogP contribution in [0.3, 0.4) is 0 Å². The Morgan fingerprint density at radius 3 is 2.14 bits per heavy atom. The van der Waals surface area contributed by atoms with Crippen LogP contribution in [0.2, 0.25) is 0 Å². The number of ether oxygens (including phenoxy) is 2. The molecule has 0 spiro atoms. The Kier molecular flexibility index (Phi) is 8.99. The van der Waals surface area contributed by atoms with Gasteiger partial charge in [0.05, 0.1) is 6.61 Å². The summed E-state index contributed by atoms with van der Waals surface area (Å²) >= 11 is 0. The molecule has 0 bridgehead atoms. The monoisotopic (exact) mass is 307 g/mol. The minimum atomic E-state index is -0.306. The molecule has 0 saturated carbocycles. The van der Waals surface area contributed by atoms with Crippen molar-refractivity contribution in [3.63, 3.8) is 0 Å². The third-order valence-corrected chi connectivity index (χ3v) is 2.46. The van der Waals surface area contributed by atoms with Crippen LogP contribution in [0, 0.1) is 6.92 Å². The van der Waals surface area contributed by atoms with E-state index >= 15 is 0 Å². The van der Waals surface area contributed by atoms with E-state index in [0.29, 0.717) is 12.5 Å². The Hall–Kier alpha value is -1.97. The van der Waals surface area contributed by atoms with E-state index in [4.69, 9.17) is 9.47 Å². The van der Waals surface area contributed by atoms with Crippen molar-refractivity contribution in [3.8, 4) is 0 Å². The molecule has 4 heteroatoms. The van der Waals surface area contributed by atoms with Crippen LogP contribution in [0.4, 0.5) is 0 Å². The number of carbonyl (C=O) groups excluding carboxylic acids is 1. The average molecular weight is 307 g/mol.